The molecule has 1 unspecified atom stereocenters. The molecule has 1 atom stereocenters. The lowest BCUT2D eigenvalue weighted by molar-refractivity contribution is 0.119. The van der Waals surface area contributed by atoms with Crippen LogP contribution in [-0.4, -0.2) is 36.5 Å². The minimum absolute atomic E-state index is 0. The van der Waals surface area contributed by atoms with Gasteiger partial charge >= 0.3 is 0 Å². The van der Waals surface area contributed by atoms with Crippen LogP contribution in [0, 0.1) is 6.92 Å². The van der Waals surface area contributed by atoms with Crippen molar-refractivity contribution in [1.82, 2.24) is 15.2 Å². The van der Waals surface area contributed by atoms with Crippen LogP contribution in [0.3, 0.4) is 0 Å². The van der Waals surface area contributed by atoms with Gasteiger partial charge in [-0.1, -0.05) is 18.2 Å². The standard InChI is InChI=1S/C21H28N4O2S.HI/c1-6-22-21(25(4)12-16-13-28-20(24-16)15(3)26-5)23-11-19-14(2)17-9-7-8-10-18(17)27-19;/h7-10,13,15H,6,11-12H2,1-5H3,(H,22,23);1H. The number of methoxy groups -OCH3 is 1. The predicted molar refractivity (Wildman–Crippen MR) is 130 cm³/mol. The predicted octanol–water partition coefficient (Wildman–Crippen LogP) is 5.12. The topological polar surface area (TPSA) is 62.9 Å². The van der Waals surface area contributed by atoms with Gasteiger partial charge in [0.25, 0.3) is 0 Å². The molecule has 0 saturated heterocycles. The highest BCUT2D eigenvalue weighted by Gasteiger charge is 2.14. The fraction of sp³-hybridized carbons (Fsp3) is 0.429. The van der Waals surface area contributed by atoms with Crippen molar-refractivity contribution in [3.8, 4) is 0 Å². The number of rotatable bonds is 7. The number of para-hydroxylation sites is 1. The highest BCUT2D eigenvalue weighted by Crippen LogP contribution is 2.25. The van der Waals surface area contributed by atoms with Crippen LogP contribution in [0.15, 0.2) is 39.1 Å². The summed E-state index contributed by atoms with van der Waals surface area (Å²) in [5, 5.41) is 7.57. The van der Waals surface area contributed by atoms with Crippen LogP contribution in [0.5, 0.6) is 0 Å². The van der Waals surface area contributed by atoms with Crippen molar-refractivity contribution >= 4 is 52.2 Å². The first-order chi connectivity index (χ1) is 13.5. The SMILES string of the molecule is CCNC(=NCc1oc2ccccc2c1C)N(C)Cc1csc(C(C)OC)n1.I. The molecule has 158 valence electrons. The summed E-state index contributed by atoms with van der Waals surface area (Å²) in [6.07, 6.45) is 0.0158. The first-order valence-electron chi connectivity index (χ1n) is 9.47. The Hall–Kier alpha value is -1.65. The van der Waals surface area contributed by atoms with Crippen LogP contribution in [0.2, 0.25) is 0 Å². The van der Waals surface area contributed by atoms with E-state index in [0.717, 1.165) is 45.5 Å². The van der Waals surface area contributed by atoms with E-state index in [1.54, 1.807) is 18.4 Å². The summed E-state index contributed by atoms with van der Waals surface area (Å²) >= 11 is 1.63. The normalized spacial score (nSPS) is 12.7. The molecule has 29 heavy (non-hydrogen) atoms. The van der Waals surface area contributed by atoms with Gasteiger partial charge in [0.2, 0.25) is 0 Å². The minimum atomic E-state index is 0. The molecule has 2 heterocycles. The van der Waals surface area contributed by atoms with E-state index in [-0.39, 0.29) is 30.1 Å². The number of nitrogens with zero attached hydrogens (tertiary/aromatic N) is 3. The van der Waals surface area contributed by atoms with E-state index in [4.69, 9.17) is 14.1 Å². The van der Waals surface area contributed by atoms with E-state index in [1.807, 2.05) is 32.2 Å². The Morgan fingerprint density at radius 1 is 1.38 bits per heavy atom. The number of benzene rings is 1. The highest BCUT2D eigenvalue weighted by molar-refractivity contribution is 14.0. The van der Waals surface area contributed by atoms with Crippen molar-refractivity contribution in [1.29, 1.82) is 0 Å². The smallest absolute Gasteiger partial charge is 0.194 e. The third kappa shape index (κ3) is 5.70. The molecule has 1 aromatic carbocycles. The molecule has 0 aliphatic rings. The Balaban J connectivity index is 0.00000300. The molecule has 0 bridgehead atoms. The molecule has 0 aliphatic carbocycles. The maximum absolute atomic E-state index is 5.99. The van der Waals surface area contributed by atoms with Gasteiger partial charge in [0.1, 0.15) is 29.0 Å². The van der Waals surface area contributed by atoms with Crippen molar-refractivity contribution in [3.63, 3.8) is 0 Å². The second kappa shape index (κ2) is 10.9. The van der Waals surface area contributed by atoms with Crippen LogP contribution >= 0.6 is 35.3 Å². The zero-order chi connectivity index (χ0) is 20.1. The van der Waals surface area contributed by atoms with Crippen LogP contribution in [0.1, 0.15) is 42.0 Å². The number of guanidine groups is 1. The molecule has 0 aliphatic heterocycles. The average Bonchev–Trinajstić information content (AvgIpc) is 3.29. The first-order valence-corrected chi connectivity index (χ1v) is 10.3. The summed E-state index contributed by atoms with van der Waals surface area (Å²) in [7, 11) is 3.72. The van der Waals surface area contributed by atoms with Crippen LogP contribution in [0.25, 0.3) is 11.0 Å². The van der Waals surface area contributed by atoms with E-state index >= 15 is 0 Å². The quantitative estimate of drug-likeness (QED) is 0.262. The maximum atomic E-state index is 5.99. The lowest BCUT2D eigenvalue weighted by Crippen LogP contribution is -2.38. The van der Waals surface area contributed by atoms with Crippen molar-refractivity contribution in [2.24, 2.45) is 4.99 Å². The number of aromatic nitrogens is 1. The molecule has 0 fully saturated rings. The third-order valence-corrected chi connectivity index (χ3v) is 5.74. The summed E-state index contributed by atoms with van der Waals surface area (Å²) in [4.78, 5) is 11.5. The van der Waals surface area contributed by atoms with Gasteiger partial charge in [0, 0.05) is 37.0 Å². The molecule has 3 aromatic rings. The molecule has 0 amide bonds. The summed E-state index contributed by atoms with van der Waals surface area (Å²) in [6.45, 7) is 8.13. The Morgan fingerprint density at radius 2 is 2.14 bits per heavy atom. The Kier molecular flexibility index (Phi) is 8.91. The number of ether oxygens (including phenoxy) is 1. The molecule has 2 aromatic heterocycles. The zero-order valence-electron chi connectivity index (χ0n) is 17.6. The van der Waals surface area contributed by atoms with E-state index in [0.29, 0.717) is 13.1 Å². The largest absolute Gasteiger partial charge is 0.459 e. The van der Waals surface area contributed by atoms with E-state index in [2.05, 4.69) is 40.5 Å². The Bertz CT molecular complexity index is 953. The Morgan fingerprint density at radius 3 is 2.83 bits per heavy atom. The number of aliphatic imine (C=N–C) groups is 1. The van der Waals surface area contributed by atoms with Crippen LogP contribution in [0.4, 0.5) is 0 Å². The van der Waals surface area contributed by atoms with Gasteiger partial charge in [-0.3, -0.25) is 0 Å². The summed E-state index contributed by atoms with van der Waals surface area (Å²) < 4.78 is 11.3. The Labute approximate surface area is 193 Å². The summed E-state index contributed by atoms with van der Waals surface area (Å²) in [5.74, 6) is 1.73. The van der Waals surface area contributed by atoms with Crippen LogP contribution < -0.4 is 5.32 Å². The molecule has 3 rings (SSSR count). The summed E-state index contributed by atoms with van der Waals surface area (Å²) in [6, 6.07) is 8.10. The fourth-order valence-corrected chi connectivity index (χ4v) is 3.83. The van der Waals surface area contributed by atoms with E-state index in [1.165, 1.54) is 0 Å². The lowest BCUT2D eigenvalue weighted by atomic mass is 10.1. The molecule has 8 heteroatoms. The molecule has 0 radical (unpaired) electrons. The monoisotopic (exact) mass is 528 g/mol. The van der Waals surface area contributed by atoms with Gasteiger partial charge < -0.3 is 19.4 Å². The molecule has 1 N–H and O–H groups in total. The second-order valence-corrected chi connectivity index (χ2v) is 7.62. The van der Waals surface area contributed by atoms with Gasteiger partial charge in [-0.2, -0.15) is 0 Å². The average molecular weight is 528 g/mol. The summed E-state index contributed by atoms with van der Waals surface area (Å²) in [5.41, 5.74) is 3.07. The third-order valence-electron chi connectivity index (χ3n) is 4.68. The fourth-order valence-electron chi connectivity index (χ4n) is 2.99. The highest BCUT2D eigenvalue weighted by atomic mass is 127. The molecular weight excluding hydrogens is 499 g/mol. The molecular formula is C21H29IN4O2S. The molecule has 0 spiro atoms. The van der Waals surface area contributed by atoms with Gasteiger partial charge in [0.05, 0.1) is 12.2 Å². The number of fused-ring (bicyclic) bond motifs is 1. The minimum Gasteiger partial charge on any atom is -0.459 e. The van der Waals surface area contributed by atoms with Crippen molar-refractivity contribution in [3.05, 3.63) is 51.7 Å². The first kappa shape index (κ1) is 23.6. The number of nitrogens with one attached hydrogen (secondary N) is 1. The number of hydrogen-bond donors (Lipinski definition) is 1. The number of thiazole rings is 1. The van der Waals surface area contributed by atoms with Gasteiger partial charge in [-0.15, -0.1) is 35.3 Å². The van der Waals surface area contributed by atoms with Gasteiger partial charge in [0.15, 0.2) is 5.96 Å². The molecule has 6 nitrogen and oxygen atoms in total. The van der Waals surface area contributed by atoms with E-state index < -0.39 is 0 Å². The number of furan rings is 1. The zero-order valence-corrected chi connectivity index (χ0v) is 20.7. The molecule has 0 saturated carbocycles. The van der Waals surface area contributed by atoms with Crippen LogP contribution in [-0.2, 0) is 17.8 Å². The van der Waals surface area contributed by atoms with Crippen molar-refractivity contribution in [2.45, 2.75) is 40.0 Å². The van der Waals surface area contributed by atoms with Gasteiger partial charge in [-0.25, -0.2) is 9.98 Å². The van der Waals surface area contributed by atoms with E-state index in [9.17, 15) is 0 Å². The maximum Gasteiger partial charge on any atom is 0.194 e. The lowest BCUT2D eigenvalue weighted by Gasteiger charge is -2.21. The number of hydrogen-bond acceptors (Lipinski definition) is 5. The van der Waals surface area contributed by atoms with Crippen molar-refractivity contribution < 1.29 is 9.15 Å². The number of halogens is 1. The van der Waals surface area contributed by atoms with Crippen molar-refractivity contribution in [2.75, 3.05) is 20.7 Å². The number of aryl methyl sites for hydroxylation is 1. The van der Waals surface area contributed by atoms with Gasteiger partial charge in [-0.05, 0) is 26.8 Å². The second-order valence-electron chi connectivity index (χ2n) is 6.73.